The number of anilines is 1. The first-order chi connectivity index (χ1) is 11.3. The molecule has 1 heterocycles. The van der Waals surface area contributed by atoms with Gasteiger partial charge < -0.3 is 11.1 Å². The number of benzene rings is 1. The van der Waals surface area contributed by atoms with Crippen molar-refractivity contribution in [2.24, 2.45) is 11.1 Å². The van der Waals surface area contributed by atoms with Gasteiger partial charge >= 0.3 is 12.1 Å². The predicted molar refractivity (Wildman–Crippen MR) is 86.3 cm³/mol. The highest BCUT2D eigenvalue weighted by Crippen LogP contribution is 2.31. The number of piperidine rings is 1. The Morgan fingerprint density at radius 3 is 2.32 bits per heavy atom. The second kappa shape index (κ2) is 6.58. The molecule has 2 rings (SSSR count). The van der Waals surface area contributed by atoms with Crippen LogP contribution in [0.4, 0.5) is 18.9 Å². The van der Waals surface area contributed by atoms with Crippen molar-refractivity contribution in [3.63, 3.8) is 0 Å². The Balaban J connectivity index is 2.17. The summed E-state index contributed by atoms with van der Waals surface area (Å²) in [4.78, 5) is 10.8. The Hall–Kier alpha value is -1.65. The molecule has 0 spiro atoms. The van der Waals surface area contributed by atoms with Crippen LogP contribution in [0.2, 0.25) is 0 Å². The molecule has 1 unspecified atom stereocenters. The third-order valence-corrected chi connectivity index (χ3v) is 6.14. The van der Waals surface area contributed by atoms with Crippen molar-refractivity contribution in [2.45, 2.75) is 37.4 Å². The van der Waals surface area contributed by atoms with E-state index in [2.05, 4.69) is 0 Å². The van der Waals surface area contributed by atoms with E-state index in [-0.39, 0.29) is 35.1 Å². The molecule has 0 aliphatic carbocycles. The standard InChI is InChI=1S/C15H20F3N3O3S/c1-14(2)9-21(8-7-12(14)19)25(23,24)11-5-3-10(4-6-11)20-13(22)15(16,17)18/h3-6,12H,7-9,19H2,1-2H3,(H,20,22). The van der Waals surface area contributed by atoms with E-state index in [4.69, 9.17) is 5.73 Å². The van der Waals surface area contributed by atoms with Gasteiger partial charge in [-0.2, -0.15) is 17.5 Å². The van der Waals surface area contributed by atoms with Crippen LogP contribution in [-0.2, 0) is 14.8 Å². The van der Waals surface area contributed by atoms with Gasteiger partial charge in [-0.15, -0.1) is 0 Å². The maximum atomic E-state index is 12.7. The summed E-state index contributed by atoms with van der Waals surface area (Å²) in [6.07, 6.45) is -4.49. The van der Waals surface area contributed by atoms with Crippen LogP contribution in [0.15, 0.2) is 29.2 Å². The summed E-state index contributed by atoms with van der Waals surface area (Å²) in [5.41, 5.74) is 5.48. The van der Waals surface area contributed by atoms with Gasteiger partial charge in [0.2, 0.25) is 10.0 Å². The Morgan fingerprint density at radius 1 is 1.28 bits per heavy atom. The molecular formula is C15H20F3N3O3S. The van der Waals surface area contributed by atoms with E-state index in [1.807, 2.05) is 13.8 Å². The number of amides is 1. The van der Waals surface area contributed by atoms with E-state index in [0.29, 0.717) is 6.42 Å². The molecule has 0 aromatic heterocycles. The lowest BCUT2D eigenvalue weighted by atomic mass is 9.81. The van der Waals surface area contributed by atoms with Gasteiger partial charge in [-0.1, -0.05) is 13.8 Å². The fourth-order valence-corrected chi connectivity index (χ4v) is 4.22. The van der Waals surface area contributed by atoms with E-state index in [0.717, 1.165) is 12.1 Å². The van der Waals surface area contributed by atoms with Crippen LogP contribution in [0.3, 0.4) is 0 Å². The number of nitrogens with one attached hydrogen (secondary N) is 1. The molecule has 1 aliphatic rings. The van der Waals surface area contributed by atoms with E-state index in [1.165, 1.54) is 16.4 Å². The minimum atomic E-state index is -5.01. The second-order valence-electron chi connectivity index (χ2n) is 6.70. The smallest absolute Gasteiger partial charge is 0.327 e. The molecule has 0 saturated carbocycles. The summed E-state index contributed by atoms with van der Waals surface area (Å²) in [7, 11) is -3.79. The van der Waals surface area contributed by atoms with Crippen molar-refractivity contribution in [1.82, 2.24) is 4.31 Å². The van der Waals surface area contributed by atoms with Crippen LogP contribution < -0.4 is 11.1 Å². The maximum Gasteiger partial charge on any atom is 0.471 e. The molecule has 0 radical (unpaired) electrons. The number of hydrogen-bond donors (Lipinski definition) is 2. The molecule has 1 aromatic rings. The molecule has 0 bridgehead atoms. The monoisotopic (exact) mass is 379 g/mol. The third-order valence-electron chi connectivity index (χ3n) is 4.28. The van der Waals surface area contributed by atoms with Gasteiger partial charge in [0, 0.05) is 24.8 Å². The molecule has 25 heavy (non-hydrogen) atoms. The molecule has 1 atom stereocenters. The van der Waals surface area contributed by atoms with E-state index in [9.17, 15) is 26.4 Å². The van der Waals surface area contributed by atoms with Crippen molar-refractivity contribution in [3.8, 4) is 0 Å². The first kappa shape index (κ1) is 19.7. The summed E-state index contributed by atoms with van der Waals surface area (Å²) in [5, 5.41) is 1.67. The first-order valence-corrected chi connectivity index (χ1v) is 9.02. The molecular weight excluding hydrogens is 359 g/mol. The zero-order chi connectivity index (χ0) is 19.0. The number of nitrogens with two attached hydrogens (primary N) is 1. The second-order valence-corrected chi connectivity index (χ2v) is 8.64. The number of nitrogens with zero attached hydrogens (tertiary/aromatic N) is 1. The molecule has 1 aromatic carbocycles. The largest absolute Gasteiger partial charge is 0.471 e. The number of hydrogen-bond acceptors (Lipinski definition) is 4. The van der Waals surface area contributed by atoms with Gasteiger partial charge in [0.1, 0.15) is 0 Å². The molecule has 10 heteroatoms. The van der Waals surface area contributed by atoms with Gasteiger partial charge in [0.15, 0.2) is 0 Å². The van der Waals surface area contributed by atoms with Crippen molar-refractivity contribution in [1.29, 1.82) is 0 Å². The molecule has 1 saturated heterocycles. The minimum absolute atomic E-state index is 0.0521. The number of rotatable bonds is 3. The number of carbonyl (C=O) groups is 1. The highest BCUT2D eigenvalue weighted by atomic mass is 32.2. The Kier molecular flexibility index (Phi) is 5.18. The van der Waals surface area contributed by atoms with Crippen molar-refractivity contribution < 1.29 is 26.4 Å². The van der Waals surface area contributed by atoms with E-state index >= 15 is 0 Å². The Labute approximate surface area is 144 Å². The molecule has 1 amide bonds. The average molecular weight is 379 g/mol. The van der Waals surface area contributed by atoms with Crippen LogP contribution in [0.1, 0.15) is 20.3 Å². The Bertz CT molecular complexity index is 746. The zero-order valence-corrected chi connectivity index (χ0v) is 14.6. The van der Waals surface area contributed by atoms with Crippen LogP contribution in [-0.4, -0.2) is 43.9 Å². The van der Waals surface area contributed by atoms with Gasteiger partial charge in [0.25, 0.3) is 0 Å². The van der Waals surface area contributed by atoms with Crippen molar-refractivity contribution in [2.75, 3.05) is 18.4 Å². The zero-order valence-electron chi connectivity index (χ0n) is 13.8. The quantitative estimate of drug-likeness (QED) is 0.839. The SMILES string of the molecule is CC1(C)CN(S(=O)(=O)c2ccc(NC(=O)C(F)(F)F)cc2)CCC1N. The fraction of sp³-hybridized carbons (Fsp3) is 0.533. The summed E-state index contributed by atoms with van der Waals surface area (Å²) >= 11 is 0. The maximum absolute atomic E-state index is 12.7. The third kappa shape index (κ3) is 4.31. The lowest BCUT2D eigenvalue weighted by molar-refractivity contribution is -0.167. The number of carbonyl (C=O) groups excluding carboxylic acids is 1. The predicted octanol–water partition coefficient (Wildman–Crippen LogP) is 1.94. The molecule has 140 valence electrons. The number of halogens is 3. The van der Waals surface area contributed by atoms with Gasteiger partial charge in [-0.3, -0.25) is 4.79 Å². The summed E-state index contributed by atoms with van der Waals surface area (Å²) in [5.74, 6) is -2.12. The van der Waals surface area contributed by atoms with Gasteiger partial charge in [0.05, 0.1) is 4.90 Å². The lowest BCUT2D eigenvalue weighted by Crippen LogP contribution is -2.53. The Morgan fingerprint density at radius 2 is 1.84 bits per heavy atom. The first-order valence-electron chi connectivity index (χ1n) is 7.58. The van der Waals surface area contributed by atoms with Crippen LogP contribution >= 0.6 is 0 Å². The van der Waals surface area contributed by atoms with Crippen molar-refractivity contribution >= 4 is 21.6 Å². The molecule has 6 nitrogen and oxygen atoms in total. The molecule has 1 aliphatic heterocycles. The normalized spacial score (nSPS) is 21.8. The van der Waals surface area contributed by atoms with Crippen molar-refractivity contribution in [3.05, 3.63) is 24.3 Å². The average Bonchev–Trinajstić information content (AvgIpc) is 2.49. The highest BCUT2D eigenvalue weighted by molar-refractivity contribution is 7.89. The summed E-state index contributed by atoms with van der Waals surface area (Å²) in [6.45, 7) is 4.30. The topological polar surface area (TPSA) is 92.5 Å². The van der Waals surface area contributed by atoms with Crippen LogP contribution in [0.25, 0.3) is 0 Å². The van der Waals surface area contributed by atoms with Crippen LogP contribution in [0, 0.1) is 5.41 Å². The van der Waals surface area contributed by atoms with Crippen LogP contribution in [0.5, 0.6) is 0 Å². The van der Waals surface area contributed by atoms with E-state index in [1.54, 1.807) is 5.32 Å². The fourth-order valence-electron chi connectivity index (χ4n) is 2.59. The molecule has 1 fully saturated rings. The highest BCUT2D eigenvalue weighted by Gasteiger charge is 2.40. The van der Waals surface area contributed by atoms with Gasteiger partial charge in [-0.25, -0.2) is 8.42 Å². The summed E-state index contributed by atoms with van der Waals surface area (Å²) < 4.78 is 63.4. The number of alkyl halides is 3. The number of sulfonamides is 1. The minimum Gasteiger partial charge on any atom is -0.327 e. The lowest BCUT2D eigenvalue weighted by Gasteiger charge is -2.41. The van der Waals surface area contributed by atoms with E-state index < -0.39 is 22.1 Å². The summed E-state index contributed by atoms with van der Waals surface area (Å²) in [6, 6.07) is 4.47. The van der Waals surface area contributed by atoms with Gasteiger partial charge in [-0.05, 0) is 36.1 Å². The molecule has 3 N–H and O–H groups in total.